The maximum Gasteiger partial charge on any atom is 0.0254 e. The van der Waals surface area contributed by atoms with Gasteiger partial charge in [-0.3, -0.25) is 0 Å². The summed E-state index contributed by atoms with van der Waals surface area (Å²) in [6, 6.07) is 0. The van der Waals surface area contributed by atoms with Crippen molar-refractivity contribution in [2.75, 3.05) is 19.6 Å². The Hall–Kier alpha value is -0.0800. The number of hydrogen-bond acceptors (Lipinski definition) is 2. The van der Waals surface area contributed by atoms with Gasteiger partial charge in [-0.05, 0) is 31.7 Å². The van der Waals surface area contributed by atoms with E-state index in [0.717, 1.165) is 13.0 Å². The molecule has 1 saturated heterocycles. The van der Waals surface area contributed by atoms with Gasteiger partial charge in [0.25, 0.3) is 0 Å². The van der Waals surface area contributed by atoms with Crippen molar-refractivity contribution in [2.45, 2.75) is 52.5 Å². The quantitative estimate of drug-likeness (QED) is 0.750. The van der Waals surface area contributed by atoms with Crippen molar-refractivity contribution in [3.8, 4) is 0 Å². The predicted octanol–water partition coefficient (Wildman–Crippen LogP) is 2.24. The lowest BCUT2D eigenvalue weighted by Gasteiger charge is -2.30. The van der Waals surface area contributed by atoms with Gasteiger partial charge in [0.2, 0.25) is 0 Å². The van der Waals surface area contributed by atoms with Gasteiger partial charge in [-0.15, -0.1) is 0 Å². The molecule has 1 aliphatic heterocycles. The molecule has 0 amide bonds. The van der Waals surface area contributed by atoms with Crippen LogP contribution in [0.2, 0.25) is 0 Å². The Balaban J connectivity index is 2.39. The highest BCUT2D eigenvalue weighted by atomic mass is 15.2. The molecule has 1 atom stereocenters. The first-order valence-corrected chi connectivity index (χ1v) is 5.86. The Bertz CT molecular complexity index is 185. The summed E-state index contributed by atoms with van der Waals surface area (Å²) in [5, 5.41) is 0. The molecule has 0 aromatic heterocycles. The summed E-state index contributed by atoms with van der Waals surface area (Å²) < 4.78 is 0. The highest BCUT2D eigenvalue weighted by molar-refractivity contribution is 4.89. The summed E-state index contributed by atoms with van der Waals surface area (Å²) in [7, 11) is 0. The molecule has 0 aliphatic carbocycles. The SMILES string of the molecule is CCCC(C)(N)CN1CCC(C)(C)C1. The average Bonchev–Trinajstić information content (AvgIpc) is 2.28. The maximum absolute atomic E-state index is 6.25. The van der Waals surface area contributed by atoms with Crippen molar-refractivity contribution in [2.24, 2.45) is 11.1 Å². The van der Waals surface area contributed by atoms with Crippen LogP contribution in [0.4, 0.5) is 0 Å². The Kier molecular flexibility index (Phi) is 3.59. The molecule has 0 spiro atoms. The fourth-order valence-electron chi connectivity index (χ4n) is 2.52. The molecule has 0 aromatic carbocycles. The van der Waals surface area contributed by atoms with Crippen molar-refractivity contribution < 1.29 is 0 Å². The van der Waals surface area contributed by atoms with Gasteiger partial charge in [-0.25, -0.2) is 0 Å². The second-order valence-electron chi connectivity index (χ2n) is 6.03. The summed E-state index contributed by atoms with van der Waals surface area (Å²) >= 11 is 0. The van der Waals surface area contributed by atoms with Gasteiger partial charge >= 0.3 is 0 Å². The molecule has 2 nitrogen and oxygen atoms in total. The first-order chi connectivity index (χ1) is 6.35. The van der Waals surface area contributed by atoms with Gasteiger partial charge in [-0.1, -0.05) is 27.2 Å². The van der Waals surface area contributed by atoms with Crippen molar-refractivity contribution in [1.29, 1.82) is 0 Å². The number of likely N-dealkylation sites (tertiary alicyclic amines) is 1. The van der Waals surface area contributed by atoms with Crippen LogP contribution in [0.25, 0.3) is 0 Å². The van der Waals surface area contributed by atoms with Crippen LogP contribution in [-0.4, -0.2) is 30.1 Å². The van der Waals surface area contributed by atoms with E-state index in [1.807, 2.05) is 0 Å². The molecule has 1 rings (SSSR count). The molecular formula is C12H26N2. The lowest BCUT2D eigenvalue weighted by molar-refractivity contribution is 0.226. The molecule has 1 heterocycles. The number of hydrogen-bond donors (Lipinski definition) is 1. The van der Waals surface area contributed by atoms with Crippen LogP contribution in [0.3, 0.4) is 0 Å². The van der Waals surface area contributed by atoms with E-state index in [-0.39, 0.29) is 5.54 Å². The van der Waals surface area contributed by atoms with Crippen LogP contribution >= 0.6 is 0 Å². The summed E-state index contributed by atoms with van der Waals surface area (Å²) in [5.74, 6) is 0. The molecule has 1 aliphatic rings. The van der Waals surface area contributed by atoms with Crippen molar-refractivity contribution in [1.82, 2.24) is 4.90 Å². The van der Waals surface area contributed by atoms with Gasteiger partial charge in [0.05, 0.1) is 0 Å². The smallest absolute Gasteiger partial charge is 0.0254 e. The summed E-state index contributed by atoms with van der Waals surface area (Å²) in [4.78, 5) is 2.52. The fourth-order valence-corrected chi connectivity index (χ4v) is 2.52. The van der Waals surface area contributed by atoms with E-state index in [9.17, 15) is 0 Å². The predicted molar refractivity (Wildman–Crippen MR) is 62.3 cm³/mol. The minimum Gasteiger partial charge on any atom is -0.324 e. The minimum absolute atomic E-state index is 0.00910. The zero-order valence-corrected chi connectivity index (χ0v) is 10.3. The second-order valence-corrected chi connectivity index (χ2v) is 6.03. The Morgan fingerprint density at radius 3 is 2.50 bits per heavy atom. The molecule has 0 aromatic rings. The van der Waals surface area contributed by atoms with Crippen LogP contribution in [0.15, 0.2) is 0 Å². The third-order valence-corrected chi connectivity index (χ3v) is 3.16. The third-order valence-electron chi connectivity index (χ3n) is 3.16. The molecular weight excluding hydrogens is 172 g/mol. The summed E-state index contributed by atoms with van der Waals surface area (Å²) in [6.45, 7) is 12.6. The second kappa shape index (κ2) is 4.19. The number of nitrogens with zero attached hydrogens (tertiary/aromatic N) is 1. The van der Waals surface area contributed by atoms with Crippen molar-refractivity contribution in [3.05, 3.63) is 0 Å². The standard InChI is InChI=1S/C12H26N2/c1-5-6-12(4,13)10-14-8-7-11(2,3)9-14/h5-10,13H2,1-4H3. The van der Waals surface area contributed by atoms with E-state index < -0.39 is 0 Å². The highest BCUT2D eigenvalue weighted by Crippen LogP contribution is 2.29. The van der Waals surface area contributed by atoms with Gasteiger partial charge in [0, 0.05) is 18.6 Å². The molecule has 0 saturated carbocycles. The highest BCUT2D eigenvalue weighted by Gasteiger charge is 2.32. The van der Waals surface area contributed by atoms with Crippen molar-refractivity contribution >= 4 is 0 Å². The summed E-state index contributed by atoms with van der Waals surface area (Å²) in [5.41, 5.74) is 6.77. The molecule has 0 bridgehead atoms. The van der Waals surface area contributed by atoms with Crippen LogP contribution in [-0.2, 0) is 0 Å². The van der Waals surface area contributed by atoms with Gasteiger partial charge in [0.1, 0.15) is 0 Å². The zero-order valence-electron chi connectivity index (χ0n) is 10.3. The average molecular weight is 198 g/mol. The Labute approximate surface area is 88.8 Å². The van der Waals surface area contributed by atoms with Gasteiger partial charge in [-0.2, -0.15) is 0 Å². The molecule has 14 heavy (non-hydrogen) atoms. The Morgan fingerprint density at radius 2 is 2.07 bits per heavy atom. The van der Waals surface area contributed by atoms with E-state index in [4.69, 9.17) is 5.73 Å². The molecule has 1 fully saturated rings. The number of rotatable bonds is 4. The lowest BCUT2D eigenvalue weighted by atomic mass is 9.93. The van der Waals surface area contributed by atoms with E-state index in [0.29, 0.717) is 5.41 Å². The molecule has 1 unspecified atom stereocenters. The monoisotopic (exact) mass is 198 g/mol. The van der Waals surface area contributed by atoms with E-state index in [1.54, 1.807) is 0 Å². The van der Waals surface area contributed by atoms with E-state index >= 15 is 0 Å². The van der Waals surface area contributed by atoms with Crippen molar-refractivity contribution in [3.63, 3.8) is 0 Å². The normalized spacial score (nSPS) is 26.4. The van der Waals surface area contributed by atoms with E-state index in [1.165, 1.54) is 25.9 Å². The van der Waals surface area contributed by atoms with Crippen LogP contribution in [0.1, 0.15) is 47.0 Å². The largest absolute Gasteiger partial charge is 0.324 e. The fraction of sp³-hybridized carbons (Fsp3) is 1.00. The number of nitrogens with two attached hydrogens (primary N) is 1. The topological polar surface area (TPSA) is 29.3 Å². The molecule has 2 heteroatoms. The van der Waals surface area contributed by atoms with Crippen LogP contribution < -0.4 is 5.73 Å². The van der Waals surface area contributed by atoms with Gasteiger partial charge in [0.15, 0.2) is 0 Å². The van der Waals surface area contributed by atoms with Crippen LogP contribution in [0.5, 0.6) is 0 Å². The molecule has 84 valence electrons. The first kappa shape index (κ1) is 12.0. The maximum atomic E-state index is 6.25. The molecule has 0 radical (unpaired) electrons. The van der Waals surface area contributed by atoms with Crippen LogP contribution in [0, 0.1) is 5.41 Å². The molecule has 2 N–H and O–H groups in total. The Morgan fingerprint density at radius 1 is 1.43 bits per heavy atom. The lowest BCUT2D eigenvalue weighted by Crippen LogP contribution is -2.47. The third kappa shape index (κ3) is 3.58. The van der Waals surface area contributed by atoms with E-state index in [2.05, 4.69) is 32.6 Å². The summed E-state index contributed by atoms with van der Waals surface area (Å²) in [6.07, 6.45) is 3.63. The van der Waals surface area contributed by atoms with Gasteiger partial charge < -0.3 is 10.6 Å². The zero-order chi connectivity index (χ0) is 10.8. The first-order valence-electron chi connectivity index (χ1n) is 5.86. The minimum atomic E-state index is 0.00910.